The van der Waals surface area contributed by atoms with E-state index in [2.05, 4.69) is 203 Å². The SMILES string of the molecule is N#Cc1ccc2c(c1)c1ccccc1n2-c1cccc([Si](c2ccccc2)(c2ccccc2)c2ccc(-n3c4ccccc4c4cc5c(cc43)oc3ccccc35)cc2)c1. The van der Waals surface area contributed by atoms with Crippen LogP contribution in [0.2, 0.25) is 0 Å². The molecule has 12 aromatic rings. The number of benzene rings is 9. The zero-order chi connectivity index (χ0) is 39.8. The van der Waals surface area contributed by atoms with E-state index in [0.29, 0.717) is 5.56 Å². The lowest BCUT2D eigenvalue weighted by Crippen LogP contribution is -2.74. The fourth-order valence-electron chi connectivity index (χ4n) is 9.90. The van der Waals surface area contributed by atoms with E-state index in [0.717, 1.165) is 66.2 Å². The molecule has 0 fully saturated rings. The van der Waals surface area contributed by atoms with E-state index in [1.54, 1.807) is 0 Å². The number of para-hydroxylation sites is 3. The number of hydrogen-bond acceptors (Lipinski definition) is 2. The Kier molecular flexibility index (Phi) is 7.58. The fraction of sp³-hybridized carbons (Fsp3) is 0. The van der Waals surface area contributed by atoms with Crippen molar-refractivity contribution >= 4 is 94.4 Å². The van der Waals surface area contributed by atoms with Crippen LogP contribution in [0.5, 0.6) is 0 Å². The van der Waals surface area contributed by atoms with Crippen molar-refractivity contribution in [1.29, 1.82) is 5.26 Å². The van der Waals surface area contributed by atoms with Gasteiger partial charge in [0.25, 0.3) is 0 Å². The highest BCUT2D eigenvalue weighted by atomic mass is 28.3. The van der Waals surface area contributed by atoms with Crippen LogP contribution in [-0.2, 0) is 0 Å². The molecule has 3 heterocycles. The minimum absolute atomic E-state index is 0.658. The first-order valence-electron chi connectivity index (χ1n) is 20.3. The molecule has 0 saturated carbocycles. The van der Waals surface area contributed by atoms with E-state index in [-0.39, 0.29) is 0 Å². The first-order valence-corrected chi connectivity index (χ1v) is 22.3. The molecule has 0 bridgehead atoms. The van der Waals surface area contributed by atoms with Gasteiger partial charge in [-0.2, -0.15) is 5.26 Å². The summed E-state index contributed by atoms with van der Waals surface area (Å²) in [4.78, 5) is 0. The Morgan fingerprint density at radius 3 is 1.58 bits per heavy atom. The van der Waals surface area contributed by atoms with Crippen molar-refractivity contribution in [3.05, 3.63) is 218 Å². The third-order valence-electron chi connectivity index (χ3n) is 12.5. The van der Waals surface area contributed by atoms with Gasteiger partial charge >= 0.3 is 0 Å². The van der Waals surface area contributed by atoms with Gasteiger partial charge in [-0.25, -0.2) is 0 Å². The smallest absolute Gasteiger partial charge is 0.179 e. The van der Waals surface area contributed by atoms with Crippen LogP contribution in [0.4, 0.5) is 0 Å². The van der Waals surface area contributed by atoms with Gasteiger partial charge in [-0.1, -0.05) is 140 Å². The monoisotopic (exact) mass is 781 g/mol. The fourth-order valence-corrected chi connectivity index (χ4v) is 14.7. The van der Waals surface area contributed by atoms with Crippen molar-refractivity contribution in [2.75, 3.05) is 0 Å². The summed E-state index contributed by atoms with van der Waals surface area (Å²) >= 11 is 0. The van der Waals surface area contributed by atoms with Crippen LogP contribution < -0.4 is 20.7 Å². The van der Waals surface area contributed by atoms with Gasteiger partial charge in [-0.3, -0.25) is 0 Å². The average molecular weight is 782 g/mol. The molecule has 5 heteroatoms. The first-order chi connectivity index (χ1) is 29.7. The van der Waals surface area contributed by atoms with Gasteiger partial charge in [0, 0.05) is 49.8 Å². The third-order valence-corrected chi connectivity index (χ3v) is 17.3. The summed E-state index contributed by atoms with van der Waals surface area (Å²) in [5.74, 6) is 0. The van der Waals surface area contributed by atoms with Gasteiger partial charge in [-0.15, -0.1) is 0 Å². The Morgan fingerprint density at radius 2 is 0.900 bits per heavy atom. The molecule has 0 aliphatic rings. The average Bonchev–Trinajstić information content (AvgIpc) is 3.96. The van der Waals surface area contributed by atoms with E-state index in [1.165, 1.54) is 31.5 Å². The predicted molar refractivity (Wildman–Crippen MR) is 251 cm³/mol. The number of aromatic nitrogens is 2. The van der Waals surface area contributed by atoms with Gasteiger partial charge in [0.15, 0.2) is 8.07 Å². The normalized spacial score (nSPS) is 12.0. The van der Waals surface area contributed by atoms with Gasteiger partial charge in [0.2, 0.25) is 0 Å². The number of nitrogens with zero attached hydrogens (tertiary/aromatic N) is 3. The van der Waals surface area contributed by atoms with Crippen LogP contribution >= 0.6 is 0 Å². The summed E-state index contributed by atoms with van der Waals surface area (Å²) in [6.45, 7) is 0. The Labute approximate surface area is 347 Å². The molecule has 0 amide bonds. The molecule has 9 aromatic carbocycles. The summed E-state index contributed by atoms with van der Waals surface area (Å²) < 4.78 is 11.2. The molecule has 60 heavy (non-hydrogen) atoms. The molecule has 4 nitrogen and oxygen atoms in total. The maximum absolute atomic E-state index is 9.81. The van der Waals surface area contributed by atoms with Crippen molar-refractivity contribution < 1.29 is 4.42 Å². The van der Waals surface area contributed by atoms with Crippen LogP contribution in [0.15, 0.2) is 217 Å². The van der Waals surface area contributed by atoms with Crippen LogP contribution in [0.1, 0.15) is 5.56 Å². The van der Waals surface area contributed by atoms with Crippen molar-refractivity contribution in [3.8, 4) is 17.4 Å². The van der Waals surface area contributed by atoms with E-state index in [9.17, 15) is 5.26 Å². The standard InChI is InChI=1S/C55H35N3OSi/c56-36-37-26-31-52-47(32-37)44-20-7-11-24-51(44)58(52)39-14-13-19-43(33-39)60(40-15-3-1-4-16-40,41-17-5-2-6-18-41)42-29-27-38(28-30-42)57-50-23-10-8-21-45(50)48-34-49-46-22-9-12-25-54(46)59-55(49)35-53(48)57/h1-35H. The second-order valence-electron chi connectivity index (χ2n) is 15.6. The number of rotatable bonds is 6. The highest BCUT2D eigenvalue weighted by Crippen LogP contribution is 2.38. The van der Waals surface area contributed by atoms with E-state index < -0.39 is 8.07 Å². The van der Waals surface area contributed by atoms with E-state index >= 15 is 0 Å². The highest BCUT2D eigenvalue weighted by Gasteiger charge is 2.41. The highest BCUT2D eigenvalue weighted by molar-refractivity contribution is 7.19. The lowest BCUT2D eigenvalue weighted by atomic mass is 10.1. The lowest BCUT2D eigenvalue weighted by Gasteiger charge is -2.35. The Balaban J connectivity index is 1.09. The van der Waals surface area contributed by atoms with Crippen LogP contribution in [-0.4, -0.2) is 17.2 Å². The van der Waals surface area contributed by atoms with Gasteiger partial charge in [-0.05, 0) is 87.5 Å². The van der Waals surface area contributed by atoms with Crippen LogP contribution in [0, 0.1) is 11.3 Å². The summed E-state index contributed by atoms with van der Waals surface area (Å²) in [5.41, 5.74) is 9.10. The Bertz CT molecular complexity index is 3630. The minimum atomic E-state index is -2.94. The van der Waals surface area contributed by atoms with E-state index in [1.807, 2.05) is 24.3 Å². The molecule has 12 rings (SSSR count). The molecular weight excluding hydrogens is 747 g/mol. The molecule has 0 N–H and O–H groups in total. The summed E-state index contributed by atoms with van der Waals surface area (Å²) in [5, 5.41) is 21.9. The van der Waals surface area contributed by atoms with Crippen molar-refractivity contribution in [2.24, 2.45) is 0 Å². The maximum Gasteiger partial charge on any atom is 0.179 e. The third kappa shape index (κ3) is 4.95. The number of hydrogen-bond donors (Lipinski definition) is 0. The largest absolute Gasteiger partial charge is 0.456 e. The molecule has 280 valence electrons. The predicted octanol–water partition coefficient (Wildman–Crippen LogP) is 11.0. The summed E-state index contributed by atoms with van der Waals surface area (Å²) in [7, 11) is -2.94. The number of nitriles is 1. The molecular formula is C55H35N3OSi. The molecule has 0 aliphatic heterocycles. The summed E-state index contributed by atoms with van der Waals surface area (Å²) in [6, 6.07) is 79.1. The van der Waals surface area contributed by atoms with Gasteiger partial charge < -0.3 is 13.6 Å². The van der Waals surface area contributed by atoms with Crippen LogP contribution in [0.3, 0.4) is 0 Å². The lowest BCUT2D eigenvalue weighted by molar-refractivity contribution is 0.669. The Morgan fingerprint density at radius 1 is 0.350 bits per heavy atom. The van der Waals surface area contributed by atoms with Crippen molar-refractivity contribution in [2.45, 2.75) is 0 Å². The zero-order valence-corrected chi connectivity index (χ0v) is 33.5. The second kappa shape index (κ2) is 13.3. The van der Waals surface area contributed by atoms with E-state index in [4.69, 9.17) is 4.42 Å². The molecule has 0 unspecified atom stereocenters. The van der Waals surface area contributed by atoms with Gasteiger partial charge in [0.1, 0.15) is 11.2 Å². The maximum atomic E-state index is 9.81. The minimum Gasteiger partial charge on any atom is -0.456 e. The molecule has 0 radical (unpaired) electrons. The van der Waals surface area contributed by atoms with Gasteiger partial charge in [0.05, 0.1) is 33.7 Å². The molecule has 3 aromatic heterocycles. The van der Waals surface area contributed by atoms with Crippen molar-refractivity contribution in [3.63, 3.8) is 0 Å². The number of furan rings is 1. The van der Waals surface area contributed by atoms with Crippen LogP contribution in [0.25, 0.3) is 76.9 Å². The van der Waals surface area contributed by atoms with Crippen molar-refractivity contribution in [1.82, 2.24) is 9.13 Å². The Hall–Kier alpha value is -7.91. The molecule has 0 spiro atoms. The quantitative estimate of drug-likeness (QED) is 0.125. The molecule has 0 aliphatic carbocycles. The first kappa shape index (κ1) is 34.2. The second-order valence-corrected chi connectivity index (χ2v) is 19.4. The topological polar surface area (TPSA) is 46.8 Å². The molecule has 0 atom stereocenters. The number of fused-ring (bicyclic) bond motifs is 9. The molecule has 0 saturated heterocycles. The summed E-state index contributed by atoms with van der Waals surface area (Å²) in [6.07, 6.45) is 0. The zero-order valence-electron chi connectivity index (χ0n) is 32.5.